The van der Waals surface area contributed by atoms with Crippen LogP contribution in [0.1, 0.15) is 12.0 Å². The molecule has 0 atom stereocenters. The van der Waals surface area contributed by atoms with Crippen LogP contribution in [0.2, 0.25) is 0 Å². The Morgan fingerprint density at radius 3 is 1.64 bits per heavy atom. The van der Waals surface area contributed by atoms with Gasteiger partial charge in [-0.2, -0.15) is 0 Å². The van der Waals surface area contributed by atoms with Crippen LogP contribution in [-0.2, 0) is 0 Å². The monoisotopic (exact) mass is 293 g/mol. The van der Waals surface area contributed by atoms with E-state index in [-0.39, 0.29) is 5.56 Å². The van der Waals surface area contributed by atoms with Crippen LogP contribution in [0.25, 0.3) is 27.5 Å². The zero-order chi connectivity index (χ0) is 15.1. The summed E-state index contributed by atoms with van der Waals surface area (Å²) < 4.78 is 27.6. The molecule has 3 aromatic carbocycles. The summed E-state index contributed by atoms with van der Waals surface area (Å²) in [5.41, 5.74) is 3.09. The van der Waals surface area contributed by atoms with Crippen LogP contribution >= 0.6 is 0 Å². The first kappa shape index (κ1) is 13.0. The van der Waals surface area contributed by atoms with Crippen molar-refractivity contribution >= 4 is 21.8 Å². The highest BCUT2D eigenvalue weighted by Crippen LogP contribution is 2.32. The minimum absolute atomic E-state index is 0.0458. The fourth-order valence-corrected chi connectivity index (χ4v) is 2.97. The van der Waals surface area contributed by atoms with Gasteiger partial charge in [-0.05, 0) is 24.3 Å². The van der Waals surface area contributed by atoms with E-state index in [4.69, 9.17) is 0 Å². The summed E-state index contributed by atoms with van der Waals surface area (Å²) >= 11 is 0. The lowest BCUT2D eigenvalue weighted by atomic mass is 10.2. The lowest BCUT2D eigenvalue weighted by Crippen LogP contribution is -1.94. The Balaban J connectivity index is 2.04. The van der Waals surface area contributed by atoms with Gasteiger partial charge >= 0.3 is 0 Å². The number of benzene rings is 3. The third-order valence-electron chi connectivity index (χ3n) is 3.98. The summed E-state index contributed by atoms with van der Waals surface area (Å²) in [6.45, 7) is 0. The average molecular weight is 293 g/mol. The van der Waals surface area contributed by atoms with Gasteiger partial charge in [-0.1, -0.05) is 48.5 Å². The molecule has 0 aliphatic carbocycles. The van der Waals surface area contributed by atoms with Gasteiger partial charge in [0.25, 0.3) is 6.43 Å². The van der Waals surface area contributed by atoms with Crippen LogP contribution in [0.5, 0.6) is 0 Å². The Labute approximate surface area is 126 Å². The Morgan fingerprint density at radius 1 is 0.636 bits per heavy atom. The number of nitrogens with zero attached hydrogens (tertiary/aromatic N) is 1. The Kier molecular flexibility index (Phi) is 2.93. The SMILES string of the molecule is FC(F)c1ccc(-n2c3ccccc3c3ccccc32)cc1. The standard InChI is InChI=1S/C19H13F2N/c20-19(21)13-9-11-14(12-10-13)22-17-7-3-1-5-15(17)16-6-2-4-8-18(16)22/h1-12,19H. The minimum atomic E-state index is -2.44. The average Bonchev–Trinajstić information content (AvgIpc) is 2.89. The van der Waals surface area contributed by atoms with Crippen LogP contribution in [0, 0.1) is 0 Å². The minimum Gasteiger partial charge on any atom is -0.309 e. The molecule has 0 aliphatic rings. The first-order valence-electron chi connectivity index (χ1n) is 7.12. The second-order valence-electron chi connectivity index (χ2n) is 5.26. The molecule has 0 aliphatic heterocycles. The van der Waals surface area contributed by atoms with Crippen LogP contribution in [-0.4, -0.2) is 4.57 Å². The molecule has 0 amide bonds. The van der Waals surface area contributed by atoms with Crippen molar-refractivity contribution in [3.8, 4) is 5.69 Å². The normalized spacial score (nSPS) is 11.6. The van der Waals surface area contributed by atoms with Crippen LogP contribution in [0.3, 0.4) is 0 Å². The molecule has 0 N–H and O–H groups in total. The van der Waals surface area contributed by atoms with Crippen LogP contribution in [0.15, 0.2) is 72.8 Å². The van der Waals surface area contributed by atoms with Crippen LogP contribution in [0.4, 0.5) is 8.78 Å². The molecule has 1 nitrogen and oxygen atoms in total. The molecule has 4 rings (SSSR count). The third-order valence-corrected chi connectivity index (χ3v) is 3.98. The second kappa shape index (κ2) is 4.95. The van der Waals surface area contributed by atoms with E-state index in [1.54, 1.807) is 12.1 Å². The largest absolute Gasteiger partial charge is 0.309 e. The van der Waals surface area contributed by atoms with Gasteiger partial charge in [-0.15, -0.1) is 0 Å². The van der Waals surface area contributed by atoms with E-state index < -0.39 is 6.43 Å². The topological polar surface area (TPSA) is 4.93 Å². The zero-order valence-electron chi connectivity index (χ0n) is 11.7. The zero-order valence-corrected chi connectivity index (χ0v) is 11.7. The molecule has 3 heteroatoms. The summed E-state index contributed by atoms with van der Waals surface area (Å²) in [5, 5.41) is 2.33. The number of rotatable bonds is 2. The van der Waals surface area contributed by atoms with Gasteiger partial charge in [0.2, 0.25) is 0 Å². The fraction of sp³-hybridized carbons (Fsp3) is 0.0526. The maximum absolute atomic E-state index is 12.7. The molecule has 0 saturated heterocycles. The van der Waals surface area contributed by atoms with Gasteiger partial charge in [0.1, 0.15) is 0 Å². The van der Waals surface area contributed by atoms with Crippen molar-refractivity contribution in [2.45, 2.75) is 6.43 Å². The van der Waals surface area contributed by atoms with Crippen LogP contribution < -0.4 is 0 Å². The number of halogens is 2. The highest BCUT2D eigenvalue weighted by Gasteiger charge is 2.12. The number of alkyl halides is 2. The molecule has 1 aromatic heterocycles. The van der Waals surface area contributed by atoms with E-state index in [0.717, 1.165) is 27.5 Å². The lowest BCUT2D eigenvalue weighted by molar-refractivity contribution is 0.151. The van der Waals surface area contributed by atoms with Gasteiger partial charge in [-0.3, -0.25) is 0 Å². The lowest BCUT2D eigenvalue weighted by Gasteiger charge is -2.08. The molecular formula is C19H13F2N. The van der Waals surface area contributed by atoms with Crippen molar-refractivity contribution in [3.63, 3.8) is 0 Å². The summed E-state index contributed by atoms with van der Waals surface area (Å²) in [4.78, 5) is 0. The fourth-order valence-electron chi connectivity index (χ4n) is 2.97. The van der Waals surface area contributed by atoms with E-state index in [1.807, 2.05) is 24.3 Å². The van der Waals surface area contributed by atoms with E-state index in [0.29, 0.717) is 0 Å². The van der Waals surface area contributed by atoms with Gasteiger partial charge in [0, 0.05) is 22.0 Å². The number of para-hydroxylation sites is 2. The maximum Gasteiger partial charge on any atom is 0.263 e. The van der Waals surface area contributed by atoms with Gasteiger partial charge < -0.3 is 4.57 Å². The van der Waals surface area contributed by atoms with E-state index in [2.05, 4.69) is 28.8 Å². The maximum atomic E-state index is 12.7. The van der Waals surface area contributed by atoms with E-state index >= 15 is 0 Å². The highest BCUT2D eigenvalue weighted by atomic mass is 19.3. The van der Waals surface area contributed by atoms with Crippen molar-refractivity contribution in [3.05, 3.63) is 78.4 Å². The summed E-state index contributed by atoms with van der Waals surface area (Å²) in [5.74, 6) is 0. The first-order chi connectivity index (χ1) is 10.8. The predicted molar refractivity (Wildman–Crippen MR) is 85.7 cm³/mol. The quantitative estimate of drug-likeness (QED) is 0.445. The Hall–Kier alpha value is -2.68. The highest BCUT2D eigenvalue weighted by molar-refractivity contribution is 6.09. The van der Waals surface area contributed by atoms with Crippen molar-refractivity contribution in [2.75, 3.05) is 0 Å². The molecule has 4 aromatic rings. The number of hydrogen-bond acceptors (Lipinski definition) is 0. The van der Waals surface area contributed by atoms with Gasteiger partial charge in [0.15, 0.2) is 0 Å². The summed E-state index contributed by atoms with van der Waals surface area (Å²) in [7, 11) is 0. The molecule has 0 unspecified atom stereocenters. The molecular weight excluding hydrogens is 280 g/mol. The van der Waals surface area contributed by atoms with Gasteiger partial charge in [-0.25, -0.2) is 8.78 Å². The number of fused-ring (bicyclic) bond motifs is 3. The molecule has 108 valence electrons. The third kappa shape index (κ3) is 1.90. The van der Waals surface area contributed by atoms with Crippen molar-refractivity contribution < 1.29 is 8.78 Å². The molecule has 0 fully saturated rings. The molecule has 0 spiro atoms. The van der Waals surface area contributed by atoms with Crippen molar-refractivity contribution in [1.29, 1.82) is 0 Å². The van der Waals surface area contributed by atoms with E-state index in [9.17, 15) is 8.78 Å². The molecule has 0 saturated carbocycles. The molecule has 1 heterocycles. The number of hydrogen-bond donors (Lipinski definition) is 0. The van der Waals surface area contributed by atoms with E-state index in [1.165, 1.54) is 12.1 Å². The number of aromatic nitrogens is 1. The summed E-state index contributed by atoms with van der Waals surface area (Å²) in [6.07, 6.45) is -2.44. The van der Waals surface area contributed by atoms with Crippen molar-refractivity contribution in [2.24, 2.45) is 0 Å². The predicted octanol–water partition coefficient (Wildman–Crippen LogP) is 5.72. The molecule has 22 heavy (non-hydrogen) atoms. The summed E-state index contributed by atoms with van der Waals surface area (Å²) in [6, 6.07) is 22.8. The molecule has 0 bridgehead atoms. The van der Waals surface area contributed by atoms with Crippen molar-refractivity contribution in [1.82, 2.24) is 4.57 Å². The first-order valence-corrected chi connectivity index (χ1v) is 7.12. The molecule has 0 radical (unpaired) electrons. The smallest absolute Gasteiger partial charge is 0.263 e. The second-order valence-corrected chi connectivity index (χ2v) is 5.26. The van der Waals surface area contributed by atoms with Gasteiger partial charge in [0.05, 0.1) is 11.0 Å². The Morgan fingerprint density at radius 2 is 1.14 bits per heavy atom. The Bertz CT molecular complexity index is 899.